The van der Waals surface area contributed by atoms with E-state index in [0.717, 1.165) is 25.4 Å². The van der Waals surface area contributed by atoms with Crippen molar-refractivity contribution in [3.63, 3.8) is 0 Å². The van der Waals surface area contributed by atoms with E-state index in [2.05, 4.69) is 26.1 Å². The Kier molecular flexibility index (Phi) is 8.46. The van der Waals surface area contributed by atoms with Crippen molar-refractivity contribution in [2.75, 3.05) is 13.1 Å². The Morgan fingerprint density at radius 1 is 1.23 bits per heavy atom. The van der Waals surface area contributed by atoms with Gasteiger partial charge in [-0.3, -0.25) is 0 Å². The first-order chi connectivity index (χ1) is 6.24. The molecule has 0 amide bonds. The molecule has 0 aromatic heterocycles. The van der Waals surface area contributed by atoms with Crippen LogP contribution in [0.2, 0.25) is 0 Å². The van der Waals surface area contributed by atoms with E-state index in [4.69, 9.17) is 5.73 Å². The minimum Gasteiger partial charge on any atom is -0.330 e. The summed E-state index contributed by atoms with van der Waals surface area (Å²) in [6.45, 7) is 8.69. The van der Waals surface area contributed by atoms with E-state index in [9.17, 15) is 0 Å². The quantitative estimate of drug-likeness (QED) is 0.609. The molecular formula is C11H26N2. The largest absolute Gasteiger partial charge is 0.330 e. The van der Waals surface area contributed by atoms with Crippen molar-refractivity contribution in [2.45, 2.75) is 52.5 Å². The molecule has 0 fully saturated rings. The van der Waals surface area contributed by atoms with Crippen molar-refractivity contribution in [2.24, 2.45) is 11.7 Å². The van der Waals surface area contributed by atoms with Crippen LogP contribution < -0.4 is 11.1 Å². The van der Waals surface area contributed by atoms with Crippen molar-refractivity contribution >= 4 is 0 Å². The lowest BCUT2D eigenvalue weighted by atomic mass is 10.0. The van der Waals surface area contributed by atoms with Gasteiger partial charge in [0.05, 0.1) is 0 Å². The van der Waals surface area contributed by atoms with Crippen LogP contribution in [0.4, 0.5) is 0 Å². The first kappa shape index (κ1) is 12.9. The lowest BCUT2D eigenvalue weighted by molar-refractivity contribution is 0.395. The lowest BCUT2D eigenvalue weighted by Gasteiger charge is -2.18. The van der Waals surface area contributed by atoms with Crippen molar-refractivity contribution < 1.29 is 0 Å². The van der Waals surface area contributed by atoms with Gasteiger partial charge >= 0.3 is 0 Å². The molecule has 0 aliphatic carbocycles. The van der Waals surface area contributed by atoms with Crippen LogP contribution in [0.1, 0.15) is 46.5 Å². The van der Waals surface area contributed by atoms with Crippen LogP contribution in [0.3, 0.4) is 0 Å². The van der Waals surface area contributed by atoms with E-state index in [1.165, 1.54) is 19.3 Å². The highest BCUT2D eigenvalue weighted by molar-refractivity contribution is 4.65. The molecule has 2 nitrogen and oxygen atoms in total. The Labute approximate surface area is 83.3 Å². The van der Waals surface area contributed by atoms with Crippen LogP contribution in [0.25, 0.3) is 0 Å². The fourth-order valence-corrected chi connectivity index (χ4v) is 1.58. The molecule has 0 saturated carbocycles. The minimum absolute atomic E-state index is 0.580. The molecule has 80 valence electrons. The van der Waals surface area contributed by atoms with Crippen molar-refractivity contribution in [1.29, 1.82) is 0 Å². The molecule has 0 aromatic carbocycles. The highest BCUT2D eigenvalue weighted by Crippen LogP contribution is 2.09. The Morgan fingerprint density at radius 2 is 1.92 bits per heavy atom. The number of nitrogens with two attached hydrogens (primary N) is 1. The van der Waals surface area contributed by atoms with Crippen LogP contribution in [-0.2, 0) is 0 Å². The van der Waals surface area contributed by atoms with E-state index in [1.807, 2.05) is 0 Å². The normalized spacial score (nSPS) is 15.7. The van der Waals surface area contributed by atoms with E-state index in [-0.39, 0.29) is 0 Å². The Bertz CT molecular complexity index is 104. The second-order valence-corrected chi connectivity index (χ2v) is 3.95. The molecule has 2 atom stereocenters. The smallest absolute Gasteiger partial charge is 0.00508 e. The zero-order valence-corrected chi connectivity index (χ0v) is 9.47. The topological polar surface area (TPSA) is 38.0 Å². The van der Waals surface area contributed by atoms with Crippen LogP contribution in [0.5, 0.6) is 0 Å². The summed E-state index contributed by atoms with van der Waals surface area (Å²) in [6.07, 6.45) is 5.02. The maximum absolute atomic E-state index is 5.49. The molecule has 2 heteroatoms. The van der Waals surface area contributed by atoms with Gasteiger partial charge in [0.25, 0.3) is 0 Å². The van der Waals surface area contributed by atoms with Crippen LogP contribution in [0.15, 0.2) is 0 Å². The highest BCUT2D eigenvalue weighted by atomic mass is 14.9. The summed E-state index contributed by atoms with van der Waals surface area (Å²) in [5, 5.41) is 3.54. The third kappa shape index (κ3) is 7.03. The van der Waals surface area contributed by atoms with Gasteiger partial charge in [-0.1, -0.05) is 26.7 Å². The monoisotopic (exact) mass is 186 g/mol. The van der Waals surface area contributed by atoms with Gasteiger partial charge in [0.2, 0.25) is 0 Å². The second-order valence-electron chi connectivity index (χ2n) is 3.95. The van der Waals surface area contributed by atoms with Gasteiger partial charge in [0.1, 0.15) is 0 Å². The van der Waals surface area contributed by atoms with E-state index in [1.54, 1.807) is 0 Å². The van der Waals surface area contributed by atoms with Gasteiger partial charge in [-0.25, -0.2) is 0 Å². The number of nitrogens with one attached hydrogen (secondary N) is 1. The Morgan fingerprint density at radius 3 is 2.38 bits per heavy atom. The zero-order chi connectivity index (χ0) is 10.1. The summed E-state index contributed by atoms with van der Waals surface area (Å²) in [5.74, 6) is 0.852. The first-order valence-electron chi connectivity index (χ1n) is 5.68. The van der Waals surface area contributed by atoms with E-state index < -0.39 is 0 Å². The molecular weight excluding hydrogens is 160 g/mol. The predicted molar refractivity (Wildman–Crippen MR) is 59.8 cm³/mol. The SMILES string of the molecule is CCCC(CC)CNC(C)CCN. The molecule has 0 bridgehead atoms. The third-order valence-corrected chi connectivity index (χ3v) is 2.63. The van der Waals surface area contributed by atoms with Crippen LogP contribution in [0, 0.1) is 5.92 Å². The molecule has 0 spiro atoms. The van der Waals surface area contributed by atoms with Crippen LogP contribution >= 0.6 is 0 Å². The first-order valence-corrected chi connectivity index (χ1v) is 5.68. The summed E-state index contributed by atoms with van der Waals surface area (Å²) in [6, 6.07) is 0.580. The molecule has 2 unspecified atom stereocenters. The Hall–Kier alpha value is -0.0800. The lowest BCUT2D eigenvalue weighted by Crippen LogP contribution is -2.32. The maximum atomic E-state index is 5.49. The van der Waals surface area contributed by atoms with Crippen LogP contribution in [-0.4, -0.2) is 19.1 Å². The summed E-state index contributed by atoms with van der Waals surface area (Å²) in [7, 11) is 0. The average molecular weight is 186 g/mol. The predicted octanol–water partition coefficient (Wildman–Crippen LogP) is 2.14. The van der Waals surface area contributed by atoms with Crippen molar-refractivity contribution in [1.82, 2.24) is 5.32 Å². The molecule has 0 aliphatic heterocycles. The number of hydrogen-bond acceptors (Lipinski definition) is 2. The molecule has 3 N–H and O–H groups in total. The Balaban J connectivity index is 3.46. The summed E-state index contributed by atoms with van der Waals surface area (Å²) in [5.41, 5.74) is 5.49. The van der Waals surface area contributed by atoms with Gasteiger partial charge in [0.15, 0.2) is 0 Å². The van der Waals surface area contributed by atoms with E-state index in [0.29, 0.717) is 6.04 Å². The van der Waals surface area contributed by atoms with Gasteiger partial charge in [0, 0.05) is 6.04 Å². The molecule has 0 radical (unpaired) electrons. The molecule has 0 rings (SSSR count). The zero-order valence-electron chi connectivity index (χ0n) is 9.47. The molecule has 0 aliphatic rings. The number of hydrogen-bond donors (Lipinski definition) is 2. The average Bonchev–Trinajstić information content (AvgIpc) is 2.12. The number of rotatable bonds is 8. The second kappa shape index (κ2) is 8.52. The maximum Gasteiger partial charge on any atom is 0.00508 e. The van der Waals surface area contributed by atoms with Crippen molar-refractivity contribution in [3.8, 4) is 0 Å². The third-order valence-electron chi connectivity index (χ3n) is 2.63. The summed E-state index contributed by atoms with van der Waals surface area (Å²) >= 11 is 0. The van der Waals surface area contributed by atoms with Gasteiger partial charge in [-0.15, -0.1) is 0 Å². The summed E-state index contributed by atoms with van der Waals surface area (Å²) in [4.78, 5) is 0. The fourth-order valence-electron chi connectivity index (χ4n) is 1.58. The minimum atomic E-state index is 0.580. The van der Waals surface area contributed by atoms with Crippen molar-refractivity contribution in [3.05, 3.63) is 0 Å². The van der Waals surface area contributed by atoms with E-state index >= 15 is 0 Å². The standard InChI is InChI=1S/C11H26N2/c1-4-6-11(5-2)9-13-10(3)7-8-12/h10-11,13H,4-9,12H2,1-3H3. The molecule has 0 heterocycles. The highest BCUT2D eigenvalue weighted by Gasteiger charge is 2.06. The summed E-state index contributed by atoms with van der Waals surface area (Å²) < 4.78 is 0. The van der Waals surface area contributed by atoms with Gasteiger partial charge in [-0.05, 0) is 38.8 Å². The van der Waals surface area contributed by atoms with Gasteiger partial charge < -0.3 is 11.1 Å². The molecule has 0 saturated heterocycles. The molecule has 13 heavy (non-hydrogen) atoms. The molecule has 0 aromatic rings. The fraction of sp³-hybridized carbons (Fsp3) is 1.00. The van der Waals surface area contributed by atoms with Gasteiger partial charge in [-0.2, -0.15) is 0 Å².